The van der Waals surface area contributed by atoms with Crippen molar-refractivity contribution in [2.75, 3.05) is 4.72 Å². The van der Waals surface area contributed by atoms with Gasteiger partial charge >= 0.3 is 11.9 Å². The van der Waals surface area contributed by atoms with Crippen molar-refractivity contribution in [3.05, 3.63) is 94.3 Å². The molecule has 0 atom stereocenters. The number of fused-ring (bicyclic) bond motifs is 1. The van der Waals surface area contributed by atoms with E-state index in [0.29, 0.717) is 17.3 Å². The van der Waals surface area contributed by atoms with Gasteiger partial charge in [-0.1, -0.05) is 18.2 Å². The highest BCUT2D eigenvalue weighted by atomic mass is 32.2. The van der Waals surface area contributed by atoms with Crippen LogP contribution in [-0.2, 0) is 22.7 Å². The lowest BCUT2D eigenvalue weighted by Crippen LogP contribution is -2.21. The minimum Gasteiger partial charge on any atom is -0.280 e. The fourth-order valence-corrected chi connectivity index (χ4v) is 4.16. The first-order chi connectivity index (χ1) is 15.0. The van der Waals surface area contributed by atoms with E-state index >= 15 is 0 Å². The highest BCUT2D eigenvalue weighted by molar-refractivity contribution is 7.92. The second kappa shape index (κ2) is 7.79. The third-order valence-corrected chi connectivity index (χ3v) is 5.93. The first-order valence-electron chi connectivity index (χ1n) is 9.07. The zero-order valence-electron chi connectivity index (χ0n) is 16.0. The van der Waals surface area contributed by atoms with Gasteiger partial charge in [-0.05, 0) is 48.0 Å². The van der Waals surface area contributed by atoms with Gasteiger partial charge in [0.1, 0.15) is 5.82 Å². The number of hydrogen-bond acceptors (Lipinski definition) is 4. The summed E-state index contributed by atoms with van der Waals surface area (Å²) in [6.07, 6.45) is -3.49. The summed E-state index contributed by atoms with van der Waals surface area (Å²) in [6, 6.07) is 12.4. The molecule has 2 heterocycles. The third kappa shape index (κ3) is 4.21. The Bertz CT molecular complexity index is 1480. The van der Waals surface area contributed by atoms with Gasteiger partial charge in [0, 0.05) is 11.9 Å². The number of anilines is 1. The second-order valence-corrected chi connectivity index (χ2v) is 8.50. The Kier molecular flexibility index (Phi) is 5.25. The topological polar surface area (TPSA) is 85.5 Å². The van der Waals surface area contributed by atoms with Crippen molar-refractivity contribution in [2.45, 2.75) is 17.6 Å². The molecule has 0 unspecified atom stereocenters. The van der Waals surface area contributed by atoms with Crippen molar-refractivity contribution in [3.63, 3.8) is 0 Å². The maximum absolute atomic E-state index is 13.5. The first kappa shape index (κ1) is 21.6. The fourth-order valence-electron chi connectivity index (χ4n) is 3.08. The number of nitrogens with one attached hydrogen (secondary N) is 1. The molecule has 7 nitrogen and oxygen atoms in total. The Labute approximate surface area is 178 Å². The van der Waals surface area contributed by atoms with Gasteiger partial charge in [-0.15, -0.1) is 5.10 Å². The Morgan fingerprint density at radius 2 is 1.78 bits per heavy atom. The highest BCUT2D eigenvalue weighted by Crippen LogP contribution is 2.33. The number of aromatic nitrogens is 3. The van der Waals surface area contributed by atoms with Crippen molar-refractivity contribution in [1.29, 1.82) is 0 Å². The van der Waals surface area contributed by atoms with E-state index in [2.05, 4.69) is 9.82 Å². The largest absolute Gasteiger partial charge is 0.419 e. The quantitative estimate of drug-likeness (QED) is 0.457. The molecule has 0 bridgehead atoms. The van der Waals surface area contributed by atoms with Gasteiger partial charge in [0.15, 0.2) is 5.65 Å². The molecular formula is C20H14F4N4O3S. The van der Waals surface area contributed by atoms with E-state index in [1.807, 2.05) is 0 Å². The van der Waals surface area contributed by atoms with Crippen LogP contribution in [0.5, 0.6) is 0 Å². The number of benzene rings is 2. The molecule has 0 spiro atoms. The molecule has 0 radical (unpaired) electrons. The van der Waals surface area contributed by atoms with E-state index in [4.69, 9.17) is 0 Å². The van der Waals surface area contributed by atoms with Gasteiger partial charge in [0.2, 0.25) is 0 Å². The minimum absolute atomic E-state index is 0.0326. The van der Waals surface area contributed by atoms with Crippen molar-refractivity contribution in [3.8, 4) is 0 Å². The normalized spacial score (nSPS) is 12.2. The summed E-state index contributed by atoms with van der Waals surface area (Å²) >= 11 is 0. The summed E-state index contributed by atoms with van der Waals surface area (Å²) in [6.45, 7) is 0.0326. The number of alkyl halides is 3. The zero-order valence-corrected chi connectivity index (χ0v) is 16.9. The smallest absolute Gasteiger partial charge is 0.280 e. The van der Waals surface area contributed by atoms with Crippen LogP contribution in [0.25, 0.3) is 5.65 Å². The fraction of sp³-hybridized carbons (Fsp3) is 0.100. The van der Waals surface area contributed by atoms with E-state index < -0.39 is 38.2 Å². The van der Waals surface area contributed by atoms with Crippen molar-refractivity contribution < 1.29 is 26.0 Å². The van der Waals surface area contributed by atoms with Crippen LogP contribution in [0.2, 0.25) is 0 Å². The summed E-state index contributed by atoms with van der Waals surface area (Å²) < 4.78 is 82.1. The predicted octanol–water partition coefficient (Wildman–Crippen LogP) is 3.50. The lowest BCUT2D eigenvalue weighted by atomic mass is 10.2. The van der Waals surface area contributed by atoms with E-state index in [1.165, 1.54) is 27.3 Å². The van der Waals surface area contributed by atoms with Gasteiger partial charge in [0.05, 0.1) is 17.0 Å². The maximum atomic E-state index is 13.5. The average Bonchev–Trinajstić information content (AvgIpc) is 3.03. The molecule has 12 heteroatoms. The van der Waals surface area contributed by atoms with Crippen LogP contribution in [-0.4, -0.2) is 22.6 Å². The third-order valence-electron chi connectivity index (χ3n) is 4.55. The lowest BCUT2D eigenvalue weighted by molar-refractivity contribution is -0.140. The molecule has 0 aliphatic heterocycles. The standard InChI is InChI=1S/C20H14F4N4O3S/c21-17-8-7-15(11-16(17)20(22,23)24)32(30,31)26-14-5-3-4-13(10-14)12-28-19(29)27-9-2-1-6-18(27)25-28/h1-11,26H,12H2. The number of halogens is 4. The van der Waals surface area contributed by atoms with E-state index in [1.54, 1.807) is 30.5 Å². The van der Waals surface area contributed by atoms with Crippen LogP contribution in [0.3, 0.4) is 0 Å². The molecule has 0 amide bonds. The number of sulfonamides is 1. The molecule has 4 rings (SSSR count). The monoisotopic (exact) mass is 466 g/mol. The predicted molar refractivity (Wildman–Crippen MR) is 107 cm³/mol. The van der Waals surface area contributed by atoms with Crippen LogP contribution in [0.1, 0.15) is 11.1 Å². The molecule has 0 saturated carbocycles. The van der Waals surface area contributed by atoms with E-state index in [-0.39, 0.29) is 18.3 Å². The molecule has 2 aromatic heterocycles. The van der Waals surface area contributed by atoms with Crippen LogP contribution < -0.4 is 10.4 Å². The lowest BCUT2D eigenvalue weighted by Gasteiger charge is -2.12. The van der Waals surface area contributed by atoms with Gasteiger partial charge < -0.3 is 0 Å². The second-order valence-electron chi connectivity index (χ2n) is 6.81. The summed E-state index contributed by atoms with van der Waals surface area (Å²) in [5.74, 6) is -1.57. The SMILES string of the molecule is O=c1n(Cc2cccc(NS(=O)(=O)c3ccc(F)c(C(F)(F)F)c3)c2)nc2ccccn12. The maximum Gasteiger partial charge on any atom is 0.419 e. The van der Waals surface area contributed by atoms with E-state index in [0.717, 1.165) is 6.07 Å². The van der Waals surface area contributed by atoms with E-state index in [9.17, 15) is 30.8 Å². The van der Waals surface area contributed by atoms with Crippen molar-refractivity contribution >= 4 is 21.4 Å². The van der Waals surface area contributed by atoms with Crippen molar-refractivity contribution in [1.82, 2.24) is 14.2 Å². The number of rotatable bonds is 5. The molecule has 1 N–H and O–H groups in total. The number of pyridine rings is 1. The Morgan fingerprint density at radius 3 is 2.50 bits per heavy atom. The Hall–Kier alpha value is -3.67. The first-order valence-corrected chi connectivity index (χ1v) is 10.6. The molecule has 2 aromatic carbocycles. The number of nitrogens with zero attached hydrogens (tertiary/aromatic N) is 3. The molecule has 0 fully saturated rings. The van der Waals surface area contributed by atoms with Gasteiger partial charge in [-0.2, -0.15) is 13.2 Å². The zero-order chi connectivity index (χ0) is 23.1. The van der Waals surface area contributed by atoms with Gasteiger partial charge in [0.25, 0.3) is 10.0 Å². The molecule has 4 aromatic rings. The minimum atomic E-state index is -5.04. The molecule has 166 valence electrons. The molecule has 0 aliphatic rings. The van der Waals surface area contributed by atoms with Gasteiger partial charge in [-0.25, -0.2) is 22.3 Å². The molecule has 32 heavy (non-hydrogen) atoms. The van der Waals surface area contributed by atoms with Crippen LogP contribution >= 0.6 is 0 Å². The van der Waals surface area contributed by atoms with Crippen molar-refractivity contribution in [2.24, 2.45) is 0 Å². The van der Waals surface area contributed by atoms with Crippen LogP contribution in [0.4, 0.5) is 23.2 Å². The van der Waals surface area contributed by atoms with Gasteiger partial charge in [-0.3, -0.25) is 9.12 Å². The summed E-state index contributed by atoms with van der Waals surface area (Å²) in [5.41, 5.74) is -1.06. The molecule has 0 aliphatic carbocycles. The summed E-state index contributed by atoms with van der Waals surface area (Å²) in [7, 11) is -4.44. The average molecular weight is 466 g/mol. The Morgan fingerprint density at radius 1 is 1.00 bits per heavy atom. The summed E-state index contributed by atoms with van der Waals surface area (Å²) in [5, 5.41) is 4.19. The molecular weight excluding hydrogens is 452 g/mol. The Balaban J connectivity index is 1.61. The number of hydrogen-bond donors (Lipinski definition) is 1. The molecule has 0 saturated heterocycles. The van der Waals surface area contributed by atoms with Crippen LogP contribution in [0, 0.1) is 5.82 Å². The summed E-state index contributed by atoms with van der Waals surface area (Å²) in [4.78, 5) is 11.7. The highest BCUT2D eigenvalue weighted by Gasteiger charge is 2.35. The van der Waals surface area contributed by atoms with Crippen LogP contribution in [0.15, 0.2) is 76.6 Å².